The Bertz CT molecular complexity index is 427. The highest BCUT2D eigenvalue weighted by Crippen LogP contribution is 2.40. The van der Waals surface area contributed by atoms with E-state index in [1.54, 1.807) is 0 Å². The third kappa shape index (κ3) is 5.30. The molecule has 2 aliphatic rings. The van der Waals surface area contributed by atoms with Gasteiger partial charge in [-0.1, -0.05) is 64.3 Å². The molecule has 2 nitrogen and oxygen atoms in total. The molecule has 0 aliphatic heterocycles. The van der Waals surface area contributed by atoms with Gasteiger partial charge in [0.15, 0.2) is 8.32 Å². The Balaban J connectivity index is 2.08. The average Bonchev–Trinajstić information content (AvgIpc) is 2.89. The van der Waals surface area contributed by atoms with Gasteiger partial charge in [0.05, 0.1) is 12.2 Å². The fourth-order valence-corrected chi connectivity index (χ4v) is 4.68. The fraction of sp³-hybridized carbons (Fsp3) is 0.800. The van der Waals surface area contributed by atoms with E-state index in [-0.39, 0.29) is 17.2 Å². The van der Waals surface area contributed by atoms with E-state index in [0.717, 1.165) is 6.42 Å². The van der Waals surface area contributed by atoms with Crippen molar-refractivity contribution in [1.82, 2.24) is 0 Å². The normalized spacial score (nSPS) is 28.6. The van der Waals surface area contributed by atoms with Crippen LogP contribution in [-0.2, 0) is 4.43 Å². The Kier molecular flexibility index (Phi) is 6.32. The predicted molar refractivity (Wildman–Crippen MR) is 101 cm³/mol. The highest BCUT2D eigenvalue weighted by atomic mass is 28.4. The molecule has 0 saturated heterocycles. The molecule has 0 spiro atoms. The molecular weight excluding hydrogens is 300 g/mol. The molecule has 23 heavy (non-hydrogen) atoms. The van der Waals surface area contributed by atoms with Crippen LogP contribution in [0.1, 0.15) is 59.3 Å². The molecule has 2 rings (SSSR count). The van der Waals surface area contributed by atoms with E-state index >= 15 is 0 Å². The lowest BCUT2D eigenvalue weighted by atomic mass is 9.85. The van der Waals surface area contributed by atoms with Crippen LogP contribution in [0.25, 0.3) is 0 Å². The zero-order chi connectivity index (χ0) is 17.1. The molecule has 0 aromatic carbocycles. The van der Waals surface area contributed by atoms with Crippen molar-refractivity contribution in [3.8, 4) is 0 Å². The van der Waals surface area contributed by atoms with Crippen LogP contribution in [0.15, 0.2) is 24.3 Å². The lowest BCUT2D eigenvalue weighted by Crippen LogP contribution is -2.45. The number of allylic oxidation sites excluding steroid dienone is 2. The quantitative estimate of drug-likeness (QED) is 0.534. The number of aliphatic hydroxyl groups is 1. The Morgan fingerprint density at radius 1 is 1.13 bits per heavy atom. The minimum Gasteiger partial charge on any atom is -0.410 e. The second-order valence-electron chi connectivity index (χ2n) is 8.98. The summed E-state index contributed by atoms with van der Waals surface area (Å²) in [5.74, 6) is 1.04. The summed E-state index contributed by atoms with van der Waals surface area (Å²) in [6.07, 6.45) is 16.1. The van der Waals surface area contributed by atoms with Crippen molar-refractivity contribution in [2.45, 2.75) is 89.6 Å². The van der Waals surface area contributed by atoms with Crippen LogP contribution in [0.3, 0.4) is 0 Å². The summed E-state index contributed by atoms with van der Waals surface area (Å²) in [6, 6.07) is 0. The third-order valence-electron chi connectivity index (χ3n) is 5.99. The first-order valence-electron chi connectivity index (χ1n) is 9.41. The van der Waals surface area contributed by atoms with Crippen molar-refractivity contribution in [1.29, 1.82) is 0 Å². The van der Waals surface area contributed by atoms with Crippen LogP contribution in [0.4, 0.5) is 0 Å². The fourth-order valence-electron chi connectivity index (χ4n) is 3.37. The largest absolute Gasteiger partial charge is 0.410 e. The van der Waals surface area contributed by atoms with Crippen molar-refractivity contribution in [3.05, 3.63) is 24.3 Å². The number of rotatable bonds is 5. The summed E-state index contributed by atoms with van der Waals surface area (Å²) in [4.78, 5) is 0. The van der Waals surface area contributed by atoms with Crippen molar-refractivity contribution in [3.63, 3.8) is 0 Å². The van der Waals surface area contributed by atoms with Gasteiger partial charge in [0.25, 0.3) is 0 Å². The molecule has 0 amide bonds. The van der Waals surface area contributed by atoms with Gasteiger partial charge in [-0.2, -0.15) is 0 Å². The van der Waals surface area contributed by atoms with Crippen LogP contribution in [0.5, 0.6) is 0 Å². The minimum absolute atomic E-state index is 0.247. The first-order valence-corrected chi connectivity index (χ1v) is 12.3. The summed E-state index contributed by atoms with van der Waals surface area (Å²) in [6.45, 7) is 11.7. The second kappa shape index (κ2) is 7.67. The molecule has 132 valence electrons. The van der Waals surface area contributed by atoms with Crippen molar-refractivity contribution >= 4 is 8.32 Å². The standard InChI is InChI=1S/C20H36O2Si/c1-20(2,3)23(4,5)22-19(17-9-7-6-8-10-17)14-12-16-11-13-18(21)15-16/h11-14,16-19,21H,6-10,15H2,1-5H3/b14-12+/t16-,18+,19?/m0/s1. The van der Waals surface area contributed by atoms with E-state index in [1.807, 2.05) is 6.08 Å². The molecule has 0 aromatic rings. The zero-order valence-corrected chi connectivity index (χ0v) is 16.7. The van der Waals surface area contributed by atoms with Gasteiger partial charge in [-0.05, 0) is 49.2 Å². The van der Waals surface area contributed by atoms with Gasteiger partial charge < -0.3 is 9.53 Å². The van der Waals surface area contributed by atoms with Crippen LogP contribution < -0.4 is 0 Å². The predicted octanol–water partition coefficient (Wildman–Crippen LogP) is 5.45. The van der Waals surface area contributed by atoms with E-state index in [1.165, 1.54) is 32.1 Å². The summed E-state index contributed by atoms with van der Waals surface area (Å²) < 4.78 is 6.79. The van der Waals surface area contributed by atoms with Gasteiger partial charge in [-0.3, -0.25) is 0 Å². The second-order valence-corrected chi connectivity index (χ2v) is 13.7. The van der Waals surface area contributed by atoms with Crippen LogP contribution in [0.2, 0.25) is 18.1 Å². The first kappa shape index (κ1) is 18.9. The van der Waals surface area contributed by atoms with Crippen LogP contribution in [0, 0.1) is 11.8 Å². The molecule has 1 N–H and O–H groups in total. The molecular formula is C20H36O2Si. The Hall–Kier alpha value is -0.383. The van der Waals surface area contributed by atoms with Gasteiger partial charge in [-0.25, -0.2) is 0 Å². The molecule has 0 radical (unpaired) electrons. The average molecular weight is 337 g/mol. The van der Waals surface area contributed by atoms with Crippen molar-refractivity contribution < 1.29 is 9.53 Å². The molecule has 0 heterocycles. The highest BCUT2D eigenvalue weighted by molar-refractivity contribution is 6.74. The van der Waals surface area contributed by atoms with E-state index in [2.05, 4.69) is 52.1 Å². The third-order valence-corrected chi connectivity index (χ3v) is 10.5. The molecule has 0 aromatic heterocycles. The topological polar surface area (TPSA) is 29.5 Å². The number of aliphatic hydroxyl groups excluding tert-OH is 1. The Morgan fingerprint density at radius 2 is 1.78 bits per heavy atom. The van der Waals surface area contributed by atoms with Gasteiger partial charge in [-0.15, -0.1) is 0 Å². The smallest absolute Gasteiger partial charge is 0.192 e. The van der Waals surface area contributed by atoms with Gasteiger partial charge in [0.1, 0.15) is 0 Å². The summed E-state index contributed by atoms with van der Waals surface area (Å²) in [7, 11) is -1.76. The molecule has 2 aliphatic carbocycles. The first-order chi connectivity index (χ1) is 10.7. The molecule has 1 saturated carbocycles. The van der Waals surface area contributed by atoms with Crippen LogP contribution in [-0.4, -0.2) is 25.6 Å². The van der Waals surface area contributed by atoms with Gasteiger partial charge in [0.2, 0.25) is 0 Å². The van der Waals surface area contributed by atoms with E-state index in [4.69, 9.17) is 4.43 Å². The molecule has 3 heteroatoms. The maximum Gasteiger partial charge on any atom is 0.192 e. The maximum absolute atomic E-state index is 9.66. The lowest BCUT2D eigenvalue weighted by Gasteiger charge is -2.41. The molecule has 1 fully saturated rings. The molecule has 0 bridgehead atoms. The SMILES string of the molecule is CC(C)(C)[Si](C)(C)OC(/C=C/[C@@H]1C=C[C@@H](O)C1)C1CCCCC1. The van der Waals surface area contributed by atoms with Crippen molar-refractivity contribution in [2.75, 3.05) is 0 Å². The van der Waals surface area contributed by atoms with Gasteiger partial charge >= 0.3 is 0 Å². The number of hydrogen-bond donors (Lipinski definition) is 1. The molecule has 1 unspecified atom stereocenters. The summed E-state index contributed by atoms with van der Waals surface area (Å²) >= 11 is 0. The number of hydrogen-bond acceptors (Lipinski definition) is 2. The van der Waals surface area contributed by atoms with Crippen LogP contribution >= 0.6 is 0 Å². The summed E-state index contributed by atoms with van der Waals surface area (Å²) in [5.41, 5.74) is 0. The van der Waals surface area contributed by atoms with E-state index in [0.29, 0.717) is 11.8 Å². The Morgan fingerprint density at radius 3 is 2.30 bits per heavy atom. The summed E-state index contributed by atoms with van der Waals surface area (Å²) in [5, 5.41) is 9.91. The highest BCUT2D eigenvalue weighted by Gasteiger charge is 2.40. The van der Waals surface area contributed by atoms with E-state index < -0.39 is 8.32 Å². The van der Waals surface area contributed by atoms with Crippen molar-refractivity contribution in [2.24, 2.45) is 11.8 Å². The van der Waals surface area contributed by atoms with Gasteiger partial charge in [0, 0.05) is 0 Å². The maximum atomic E-state index is 9.66. The van der Waals surface area contributed by atoms with E-state index in [9.17, 15) is 5.11 Å². The monoisotopic (exact) mass is 336 g/mol. The molecule has 3 atom stereocenters. The lowest BCUT2D eigenvalue weighted by molar-refractivity contribution is 0.131. The minimum atomic E-state index is -1.76. The Labute approximate surface area is 144 Å². The zero-order valence-electron chi connectivity index (χ0n) is 15.7.